The van der Waals surface area contributed by atoms with Gasteiger partial charge in [0.05, 0.1) is 41.5 Å². The predicted molar refractivity (Wildman–Crippen MR) is 91.9 cm³/mol. The first kappa shape index (κ1) is 15.1. The van der Waals surface area contributed by atoms with E-state index in [1.165, 1.54) is 12.8 Å². The fourth-order valence-corrected chi connectivity index (χ4v) is 3.01. The van der Waals surface area contributed by atoms with Gasteiger partial charge in [0, 0.05) is 5.56 Å². The van der Waals surface area contributed by atoms with Crippen molar-refractivity contribution in [3.63, 3.8) is 0 Å². The van der Waals surface area contributed by atoms with Crippen molar-refractivity contribution in [1.82, 2.24) is 15.2 Å². The summed E-state index contributed by atoms with van der Waals surface area (Å²) < 4.78 is 11.3. The number of nitrogens with one attached hydrogen (secondary N) is 2. The molecule has 2 heterocycles. The Morgan fingerprint density at radius 3 is 2.88 bits per heavy atom. The van der Waals surface area contributed by atoms with Gasteiger partial charge >= 0.3 is 0 Å². The molecule has 24 heavy (non-hydrogen) atoms. The van der Waals surface area contributed by atoms with Crippen molar-refractivity contribution in [2.75, 3.05) is 13.7 Å². The summed E-state index contributed by atoms with van der Waals surface area (Å²) in [6.07, 6.45) is 3.97. The molecule has 1 aliphatic carbocycles. The molecule has 2 aromatic heterocycles. The van der Waals surface area contributed by atoms with E-state index in [0.717, 1.165) is 5.56 Å². The van der Waals surface area contributed by atoms with E-state index in [0.29, 0.717) is 45.6 Å². The molecule has 0 saturated heterocycles. The lowest BCUT2D eigenvalue weighted by molar-refractivity contribution is 0.280. The summed E-state index contributed by atoms with van der Waals surface area (Å²) in [6.45, 7) is 0.684. The number of rotatable bonds is 5. The first-order valence-electron chi connectivity index (χ1n) is 7.73. The van der Waals surface area contributed by atoms with Crippen molar-refractivity contribution in [3.05, 3.63) is 39.8 Å². The van der Waals surface area contributed by atoms with Gasteiger partial charge in [-0.25, -0.2) is 5.10 Å². The maximum atomic E-state index is 11.9. The first-order chi connectivity index (χ1) is 11.7. The number of H-pyrrole nitrogens is 2. The van der Waals surface area contributed by atoms with Crippen molar-refractivity contribution in [1.29, 1.82) is 0 Å². The van der Waals surface area contributed by atoms with Gasteiger partial charge in [0.1, 0.15) is 0 Å². The van der Waals surface area contributed by atoms with E-state index >= 15 is 0 Å². The number of benzene rings is 1. The van der Waals surface area contributed by atoms with Gasteiger partial charge in [-0.2, -0.15) is 5.10 Å². The van der Waals surface area contributed by atoms with Crippen molar-refractivity contribution in [3.8, 4) is 22.8 Å². The average Bonchev–Trinajstić information content (AvgIpc) is 3.35. The van der Waals surface area contributed by atoms with Crippen LogP contribution in [0.15, 0.2) is 29.2 Å². The molecule has 1 aliphatic rings. The first-order valence-corrected chi connectivity index (χ1v) is 8.11. The Kier molecular flexibility index (Phi) is 3.69. The zero-order valence-electron chi connectivity index (χ0n) is 13.1. The van der Waals surface area contributed by atoms with Crippen LogP contribution < -0.4 is 15.0 Å². The minimum Gasteiger partial charge on any atom is -0.493 e. The van der Waals surface area contributed by atoms with Crippen LogP contribution in [-0.4, -0.2) is 28.9 Å². The van der Waals surface area contributed by atoms with Gasteiger partial charge in [0.25, 0.3) is 5.56 Å². The lowest BCUT2D eigenvalue weighted by Crippen LogP contribution is -2.06. The van der Waals surface area contributed by atoms with Crippen LogP contribution in [0, 0.1) is 5.92 Å². The van der Waals surface area contributed by atoms with E-state index in [-0.39, 0.29) is 5.56 Å². The maximum absolute atomic E-state index is 11.9. The van der Waals surface area contributed by atoms with Gasteiger partial charge in [0.2, 0.25) is 0 Å². The second-order valence-electron chi connectivity index (χ2n) is 5.92. The number of hydrogen-bond acceptors (Lipinski definition) is 4. The summed E-state index contributed by atoms with van der Waals surface area (Å²) in [4.78, 5) is 15.1. The Hall–Kier alpha value is -2.47. The van der Waals surface area contributed by atoms with Crippen LogP contribution in [0.3, 0.4) is 0 Å². The molecule has 0 atom stereocenters. The van der Waals surface area contributed by atoms with Crippen molar-refractivity contribution < 1.29 is 9.47 Å². The van der Waals surface area contributed by atoms with Crippen LogP contribution in [0.25, 0.3) is 22.2 Å². The largest absolute Gasteiger partial charge is 0.493 e. The molecule has 7 heteroatoms. The second-order valence-corrected chi connectivity index (χ2v) is 6.30. The van der Waals surface area contributed by atoms with Crippen LogP contribution in [0.2, 0.25) is 5.02 Å². The van der Waals surface area contributed by atoms with Crippen molar-refractivity contribution >= 4 is 22.5 Å². The van der Waals surface area contributed by atoms with E-state index < -0.39 is 0 Å². The topological polar surface area (TPSA) is 80.0 Å². The number of hydrogen-bond donors (Lipinski definition) is 2. The molecule has 1 aromatic carbocycles. The number of aromatic nitrogens is 3. The van der Waals surface area contributed by atoms with Gasteiger partial charge < -0.3 is 14.5 Å². The third kappa shape index (κ3) is 2.63. The molecule has 124 valence electrons. The molecule has 6 nitrogen and oxygen atoms in total. The molecule has 0 unspecified atom stereocenters. The molecule has 0 bridgehead atoms. The molecule has 4 rings (SSSR count). The van der Waals surface area contributed by atoms with E-state index in [4.69, 9.17) is 21.1 Å². The van der Waals surface area contributed by atoms with Crippen LogP contribution in [0.4, 0.5) is 0 Å². The molecular weight excluding hydrogens is 330 g/mol. The Morgan fingerprint density at radius 1 is 1.33 bits per heavy atom. The van der Waals surface area contributed by atoms with Gasteiger partial charge in [0.15, 0.2) is 11.5 Å². The second kappa shape index (κ2) is 5.87. The van der Waals surface area contributed by atoms with E-state index in [1.54, 1.807) is 13.3 Å². The molecule has 1 fully saturated rings. The SMILES string of the molecule is COc1ccc(-c2[nH]c3cn[nH]c(=O)c3c2Cl)cc1OCC1CC1. The van der Waals surface area contributed by atoms with E-state index in [9.17, 15) is 4.79 Å². The molecular formula is C17H16ClN3O3. The monoisotopic (exact) mass is 345 g/mol. The Morgan fingerprint density at radius 2 is 2.17 bits per heavy atom. The van der Waals surface area contributed by atoms with Crippen molar-refractivity contribution in [2.24, 2.45) is 5.92 Å². The number of aromatic amines is 2. The van der Waals surface area contributed by atoms with Gasteiger partial charge in [-0.05, 0) is 37.0 Å². The predicted octanol–water partition coefficient (Wildman–Crippen LogP) is 3.37. The number of ether oxygens (including phenoxy) is 2. The summed E-state index contributed by atoms with van der Waals surface area (Å²) in [5.74, 6) is 1.98. The van der Waals surface area contributed by atoms with Crippen LogP contribution in [0.1, 0.15) is 12.8 Å². The normalized spacial score (nSPS) is 14.1. The smallest absolute Gasteiger partial charge is 0.275 e. The fourth-order valence-electron chi connectivity index (χ4n) is 2.66. The number of nitrogens with zero attached hydrogens (tertiary/aromatic N) is 1. The minimum absolute atomic E-state index is 0.321. The van der Waals surface area contributed by atoms with E-state index in [2.05, 4.69) is 15.2 Å². The summed E-state index contributed by atoms with van der Waals surface area (Å²) >= 11 is 6.41. The lowest BCUT2D eigenvalue weighted by atomic mass is 10.1. The minimum atomic E-state index is -0.321. The number of halogens is 1. The Balaban J connectivity index is 1.78. The number of methoxy groups -OCH3 is 1. The highest BCUT2D eigenvalue weighted by Gasteiger charge is 2.23. The van der Waals surface area contributed by atoms with Crippen LogP contribution in [-0.2, 0) is 0 Å². The van der Waals surface area contributed by atoms with Gasteiger partial charge in [-0.3, -0.25) is 4.79 Å². The highest BCUT2D eigenvalue weighted by Crippen LogP contribution is 2.38. The summed E-state index contributed by atoms with van der Waals surface area (Å²) in [7, 11) is 1.61. The molecule has 0 amide bonds. The molecule has 0 radical (unpaired) electrons. The highest BCUT2D eigenvalue weighted by atomic mass is 35.5. The third-order valence-corrected chi connectivity index (χ3v) is 4.56. The van der Waals surface area contributed by atoms with Crippen molar-refractivity contribution in [2.45, 2.75) is 12.8 Å². The Labute approximate surface area is 142 Å². The molecule has 0 spiro atoms. The average molecular weight is 346 g/mol. The quantitative estimate of drug-likeness (QED) is 0.743. The fraction of sp³-hybridized carbons (Fsp3) is 0.294. The van der Waals surface area contributed by atoms with Gasteiger partial charge in [-0.1, -0.05) is 11.6 Å². The summed E-state index contributed by atoms with van der Waals surface area (Å²) in [5.41, 5.74) is 1.75. The van der Waals surface area contributed by atoms with Crippen LogP contribution >= 0.6 is 11.6 Å². The number of fused-ring (bicyclic) bond motifs is 1. The standard InChI is InChI=1S/C17H16ClN3O3/c1-23-12-5-4-10(6-13(12)24-8-9-2-3-9)16-15(18)14-11(20-16)7-19-21-17(14)22/h4-7,9,20H,2-3,8H2,1H3,(H,21,22). The van der Waals surface area contributed by atoms with Gasteiger partial charge in [-0.15, -0.1) is 0 Å². The molecule has 2 N–H and O–H groups in total. The zero-order valence-corrected chi connectivity index (χ0v) is 13.8. The summed E-state index contributed by atoms with van der Waals surface area (Å²) in [5, 5.41) is 6.95. The molecule has 0 aliphatic heterocycles. The molecule has 1 saturated carbocycles. The maximum Gasteiger partial charge on any atom is 0.275 e. The Bertz CT molecular complexity index is 959. The lowest BCUT2D eigenvalue weighted by Gasteiger charge is -2.12. The van der Waals surface area contributed by atoms with Crippen LogP contribution in [0.5, 0.6) is 11.5 Å². The molecule has 3 aromatic rings. The van der Waals surface area contributed by atoms with E-state index in [1.807, 2.05) is 18.2 Å². The zero-order chi connectivity index (χ0) is 16.7. The summed E-state index contributed by atoms with van der Waals surface area (Å²) in [6, 6.07) is 5.59. The highest BCUT2D eigenvalue weighted by molar-refractivity contribution is 6.38. The third-order valence-electron chi connectivity index (χ3n) is 4.18.